The van der Waals surface area contributed by atoms with Crippen molar-refractivity contribution >= 4 is 0 Å². The average Bonchev–Trinajstić information content (AvgIpc) is 3.31. The predicted octanol–water partition coefficient (Wildman–Crippen LogP) is 3.81. The molecule has 3 rings (SSSR count). The fourth-order valence-electron chi connectivity index (χ4n) is 2.69. The Morgan fingerprint density at radius 2 is 1.71 bits per heavy atom. The van der Waals surface area contributed by atoms with E-state index in [9.17, 15) is 9.50 Å². The fraction of sp³-hybridized carbons (Fsp3) is 0.333. The second-order valence-corrected chi connectivity index (χ2v) is 5.74. The highest BCUT2D eigenvalue weighted by molar-refractivity contribution is 5.26. The van der Waals surface area contributed by atoms with Crippen LogP contribution in [0.25, 0.3) is 0 Å². The molecule has 0 amide bonds. The lowest BCUT2D eigenvalue weighted by Gasteiger charge is -2.19. The summed E-state index contributed by atoms with van der Waals surface area (Å²) in [4.78, 5) is 0. The maximum absolute atomic E-state index is 13.0. The third-order valence-electron chi connectivity index (χ3n) is 4.04. The first-order valence-corrected chi connectivity index (χ1v) is 7.49. The summed E-state index contributed by atoms with van der Waals surface area (Å²) in [5.41, 5.74) is 2.37. The van der Waals surface area contributed by atoms with E-state index in [-0.39, 0.29) is 5.82 Å². The Labute approximate surface area is 124 Å². The van der Waals surface area contributed by atoms with Gasteiger partial charge >= 0.3 is 0 Å². The van der Waals surface area contributed by atoms with E-state index >= 15 is 0 Å². The van der Waals surface area contributed by atoms with Crippen LogP contribution in [-0.2, 0) is 6.42 Å². The zero-order chi connectivity index (χ0) is 14.7. The van der Waals surface area contributed by atoms with E-state index in [2.05, 4.69) is 5.32 Å². The zero-order valence-electron chi connectivity index (χ0n) is 11.9. The van der Waals surface area contributed by atoms with Gasteiger partial charge in [-0.05, 0) is 67.1 Å². The number of phenols is 1. The van der Waals surface area contributed by atoms with Crippen LogP contribution in [-0.4, -0.2) is 11.7 Å². The monoisotopic (exact) mass is 285 g/mol. The van der Waals surface area contributed by atoms with Crippen molar-refractivity contribution in [1.29, 1.82) is 0 Å². The molecule has 3 heteroatoms. The molecule has 1 aliphatic carbocycles. The first-order valence-electron chi connectivity index (χ1n) is 7.49. The van der Waals surface area contributed by atoms with Crippen LogP contribution in [0.15, 0.2) is 48.5 Å². The Morgan fingerprint density at radius 3 is 2.33 bits per heavy atom. The quantitative estimate of drug-likeness (QED) is 0.845. The van der Waals surface area contributed by atoms with Gasteiger partial charge in [0, 0.05) is 6.04 Å². The van der Waals surface area contributed by atoms with Gasteiger partial charge in [0.1, 0.15) is 11.6 Å². The summed E-state index contributed by atoms with van der Waals surface area (Å²) in [6, 6.07) is 14.5. The summed E-state index contributed by atoms with van der Waals surface area (Å²) in [5.74, 6) is 0.793. The highest BCUT2D eigenvalue weighted by Crippen LogP contribution is 2.40. The van der Waals surface area contributed by atoms with Gasteiger partial charge in [-0.1, -0.05) is 24.3 Å². The second-order valence-electron chi connectivity index (χ2n) is 5.74. The molecule has 0 spiro atoms. The van der Waals surface area contributed by atoms with Gasteiger partial charge in [0.05, 0.1) is 0 Å². The molecule has 0 saturated heterocycles. The summed E-state index contributed by atoms with van der Waals surface area (Å²) in [6.45, 7) is 0.878. The van der Waals surface area contributed by atoms with Gasteiger partial charge in [-0.3, -0.25) is 0 Å². The van der Waals surface area contributed by atoms with Crippen molar-refractivity contribution in [3.8, 4) is 5.75 Å². The first kappa shape index (κ1) is 14.1. The van der Waals surface area contributed by atoms with Gasteiger partial charge < -0.3 is 10.4 Å². The molecule has 1 aliphatic rings. The minimum absolute atomic E-state index is 0.183. The van der Waals surface area contributed by atoms with Crippen LogP contribution in [0.2, 0.25) is 0 Å². The van der Waals surface area contributed by atoms with E-state index in [4.69, 9.17) is 0 Å². The van der Waals surface area contributed by atoms with Crippen LogP contribution in [0.5, 0.6) is 5.75 Å². The number of halogens is 1. The number of hydrogen-bond donors (Lipinski definition) is 2. The van der Waals surface area contributed by atoms with Crippen molar-refractivity contribution in [3.63, 3.8) is 0 Å². The van der Waals surface area contributed by atoms with E-state index in [0.29, 0.717) is 17.7 Å². The standard InChI is InChI=1S/C18H20FNO/c19-16-7-5-15(6-8-16)18(14-3-4-14)20-12-11-13-1-9-17(21)10-2-13/h1-2,5-10,14,18,20-21H,3-4,11-12H2. The van der Waals surface area contributed by atoms with Crippen LogP contribution in [0.4, 0.5) is 4.39 Å². The minimum Gasteiger partial charge on any atom is -0.508 e. The van der Waals surface area contributed by atoms with Crippen LogP contribution in [0.3, 0.4) is 0 Å². The molecule has 0 aromatic heterocycles. The highest BCUT2D eigenvalue weighted by atomic mass is 19.1. The van der Waals surface area contributed by atoms with Crippen LogP contribution >= 0.6 is 0 Å². The van der Waals surface area contributed by atoms with Crippen molar-refractivity contribution in [2.45, 2.75) is 25.3 Å². The second kappa shape index (κ2) is 6.27. The molecule has 0 aliphatic heterocycles. The number of rotatable bonds is 6. The molecule has 1 fully saturated rings. The number of aromatic hydroxyl groups is 1. The molecule has 2 aromatic carbocycles. The molecule has 2 N–H and O–H groups in total. The van der Waals surface area contributed by atoms with Crippen molar-refractivity contribution in [2.75, 3.05) is 6.54 Å². The van der Waals surface area contributed by atoms with Crippen molar-refractivity contribution in [1.82, 2.24) is 5.32 Å². The molecule has 1 saturated carbocycles. The summed E-state index contributed by atoms with van der Waals surface area (Å²) in [7, 11) is 0. The fourth-order valence-corrected chi connectivity index (χ4v) is 2.69. The Hall–Kier alpha value is -1.87. The molecule has 1 atom stereocenters. The van der Waals surface area contributed by atoms with E-state index < -0.39 is 0 Å². The summed E-state index contributed by atoms with van der Waals surface area (Å²) in [5, 5.41) is 12.9. The Morgan fingerprint density at radius 1 is 1.05 bits per heavy atom. The van der Waals surface area contributed by atoms with Gasteiger partial charge in [0.25, 0.3) is 0 Å². The Bertz CT molecular complexity index is 575. The lowest BCUT2D eigenvalue weighted by molar-refractivity contribution is 0.474. The molecule has 2 nitrogen and oxygen atoms in total. The SMILES string of the molecule is Oc1ccc(CCNC(c2ccc(F)cc2)C2CC2)cc1. The number of benzene rings is 2. The Balaban J connectivity index is 1.58. The minimum atomic E-state index is -0.183. The zero-order valence-corrected chi connectivity index (χ0v) is 11.9. The molecule has 21 heavy (non-hydrogen) atoms. The predicted molar refractivity (Wildman–Crippen MR) is 81.7 cm³/mol. The maximum atomic E-state index is 13.0. The van der Waals surface area contributed by atoms with Gasteiger partial charge in [0.15, 0.2) is 0 Å². The smallest absolute Gasteiger partial charge is 0.123 e. The lowest BCUT2D eigenvalue weighted by Crippen LogP contribution is -2.25. The third kappa shape index (κ3) is 3.82. The molecule has 0 heterocycles. The lowest BCUT2D eigenvalue weighted by atomic mass is 10.0. The van der Waals surface area contributed by atoms with Crippen molar-refractivity contribution in [3.05, 3.63) is 65.5 Å². The summed E-state index contributed by atoms with van der Waals surface area (Å²) < 4.78 is 13.0. The molecular weight excluding hydrogens is 265 g/mol. The number of nitrogens with one attached hydrogen (secondary N) is 1. The topological polar surface area (TPSA) is 32.3 Å². The largest absolute Gasteiger partial charge is 0.508 e. The Kier molecular flexibility index (Phi) is 4.20. The number of hydrogen-bond acceptors (Lipinski definition) is 2. The molecule has 0 radical (unpaired) electrons. The first-order chi connectivity index (χ1) is 10.2. The molecular formula is C18H20FNO. The molecule has 0 bridgehead atoms. The van der Waals surface area contributed by atoms with Crippen LogP contribution in [0.1, 0.15) is 30.0 Å². The number of phenolic OH excluding ortho intramolecular Hbond substituents is 1. The molecule has 110 valence electrons. The van der Waals surface area contributed by atoms with Gasteiger partial charge in [-0.15, -0.1) is 0 Å². The highest BCUT2D eigenvalue weighted by Gasteiger charge is 2.31. The van der Waals surface area contributed by atoms with Crippen LogP contribution < -0.4 is 5.32 Å². The van der Waals surface area contributed by atoms with Crippen LogP contribution in [0, 0.1) is 11.7 Å². The van der Waals surface area contributed by atoms with Gasteiger partial charge in [-0.2, -0.15) is 0 Å². The van der Waals surface area contributed by atoms with E-state index in [1.54, 1.807) is 12.1 Å². The van der Waals surface area contributed by atoms with E-state index in [0.717, 1.165) is 13.0 Å². The molecule has 2 aromatic rings. The van der Waals surface area contributed by atoms with Crippen molar-refractivity contribution in [2.24, 2.45) is 5.92 Å². The van der Waals surface area contributed by atoms with Gasteiger partial charge in [-0.25, -0.2) is 4.39 Å². The molecule has 1 unspecified atom stereocenters. The summed E-state index contributed by atoms with van der Waals surface area (Å²) >= 11 is 0. The van der Waals surface area contributed by atoms with E-state index in [1.807, 2.05) is 24.3 Å². The maximum Gasteiger partial charge on any atom is 0.123 e. The average molecular weight is 285 g/mol. The normalized spacial score (nSPS) is 15.9. The van der Waals surface area contributed by atoms with E-state index in [1.165, 1.54) is 36.1 Å². The third-order valence-corrected chi connectivity index (χ3v) is 4.04. The van der Waals surface area contributed by atoms with Gasteiger partial charge in [0.2, 0.25) is 0 Å². The van der Waals surface area contributed by atoms with Crippen molar-refractivity contribution < 1.29 is 9.50 Å². The summed E-state index contributed by atoms with van der Waals surface area (Å²) in [6.07, 6.45) is 3.41.